The van der Waals surface area contributed by atoms with E-state index in [0.717, 1.165) is 221 Å². The van der Waals surface area contributed by atoms with Gasteiger partial charge in [0.2, 0.25) is 0 Å². The number of hydrogen-bond donors (Lipinski definition) is 0. The van der Waals surface area contributed by atoms with Crippen LogP contribution in [-0.4, -0.2) is 148 Å². The lowest BCUT2D eigenvalue weighted by atomic mass is 9.84. The fourth-order valence-corrected chi connectivity index (χ4v) is 13.9. The van der Waals surface area contributed by atoms with Crippen LogP contribution in [0.4, 0.5) is 4.39 Å². The summed E-state index contributed by atoms with van der Waals surface area (Å²) in [5, 5.41) is 0. The van der Waals surface area contributed by atoms with Crippen LogP contribution in [0.3, 0.4) is 0 Å². The highest BCUT2D eigenvalue weighted by atomic mass is 32.2. The molecule has 145 heavy (non-hydrogen) atoms. The van der Waals surface area contributed by atoms with Crippen LogP contribution >= 0.6 is 11.8 Å². The molecule has 25 heteroatoms. The fourth-order valence-electron chi connectivity index (χ4n) is 12.8. The van der Waals surface area contributed by atoms with Crippen molar-refractivity contribution in [1.82, 2.24) is 0 Å². The fraction of sp³-hybridized carbons (Fsp3) is 0.358. The van der Waals surface area contributed by atoms with Gasteiger partial charge in [0, 0.05) is 51.0 Å². The standard InChI is InChI=1S/C15H14OS.C12H16O2.C11H13FO3.2C11H14O3.2C11H14O2.3C10H12O2.C8H14O/c1-2-12-7-3-5-9-14(12)17-15-10-6-4-8-13(15)11-16;1-2-3-6-11-7-4-5-8-12(11)14-10-9-13;1-2-6-14-11-8-9(12)3-4-10(11)15-7-5-13;1-2-7-13-10-4-3-5-11(9-10)14-8-6-12;1-2-8-13-10-5-3-4-6-11(10)14-9-7-12;1-2-5-10-6-3-4-7-11(10)13-9-8-12;1-2-3-7-13-11-6-4-5-10(8-11)9-12;1-2-12-10-6-4-3-5-9(10)7-8-11;1-2-9-5-3-4-6-10(9)12-8-7-11;1-2-7-12-10-6-4-3-5-9(10)8-11;1-7-2-4-8(6-9)5-3-7/h3-11H,2H2,1H3;4-5,7-9H,2-3,6,10H2,1H3;3-5,8H,2,6-7H2,1H3;3-6,9H,2,7-8H2,1H3;3-7H,2,8-9H2,1H3;3-4,6-8H,2,5,9H2,1H3;4-6,8-9H,2-3,7H2,1H3;3-6,8H,2,7H2,1H3;3-7H,2,8H2,1H3;3-6,8H,2,7H2,1H3;6-8H,2-5H2,1H3. The molecule has 12 rings (SSSR count). The molecule has 0 saturated heterocycles. The highest BCUT2D eigenvalue weighted by molar-refractivity contribution is 7.99. The first-order chi connectivity index (χ1) is 71.0. The molecule has 1 aliphatic carbocycles. The molecule has 0 N–H and O–H groups in total. The van der Waals surface area contributed by atoms with Gasteiger partial charge in [0.05, 0.1) is 45.2 Å². The SMILES string of the molecule is CC1CCC(C=O)CC1.CCCCOc1cccc(C=O)c1.CCCCc1ccccc1OCC=O.CCCOc1cc(F)ccc1OCC=O.CCCOc1cccc(OCC=O)c1.CCCOc1ccccc1C=O.CCCOc1ccccc1OCC=O.CCCc1ccccc1OCC=O.CCOc1ccccc1CC=O.CCc1ccccc1OCC=O.CCc1ccccc1Sc1ccccc1C=O. The van der Waals surface area contributed by atoms with E-state index in [1.807, 2.05) is 211 Å². The third-order valence-corrected chi connectivity index (χ3v) is 21.4. The smallest absolute Gasteiger partial charge is 0.164 e. The molecular weight excluding hydrogens is 1860 g/mol. The Balaban J connectivity index is 0.000000540. The van der Waals surface area contributed by atoms with Crippen LogP contribution < -0.4 is 56.8 Å². The molecule has 0 aliphatic heterocycles. The highest BCUT2D eigenvalue weighted by Crippen LogP contribution is 2.34. The summed E-state index contributed by atoms with van der Waals surface area (Å²) in [5.41, 5.74) is 7.80. The summed E-state index contributed by atoms with van der Waals surface area (Å²) in [4.78, 5) is 115. The third-order valence-electron chi connectivity index (χ3n) is 20.1. The summed E-state index contributed by atoms with van der Waals surface area (Å²) in [6.45, 7) is 27.2. The van der Waals surface area contributed by atoms with Gasteiger partial charge in [0.1, 0.15) is 110 Å². The van der Waals surface area contributed by atoms with Crippen molar-refractivity contribution in [2.45, 2.75) is 202 Å². The van der Waals surface area contributed by atoms with Gasteiger partial charge in [-0.15, -0.1) is 0 Å². The van der Waals surface area contributed by atoms with E-state index in [0.29, 0.717) is 97.3 Å². The molecule has 11 aromatic rings. The van der Waals surface area contributed by atoms with Crippen molar-refractivity contribution in [3.05, 3.63) is 311 Å². The zero-order valence-corrected chi connectivity index (χ0v) is 87.0. The Morgan fingerprint density at radius 2 is 0.669 bits per heavy atom. The first-order valence-corrected chi connectivity index (χ1v) is 50.5. The van der Waals surface area contributed by atoms with Crippen LogP contribution in [0.15, 0.2) is 271 Å². The normalized spacial score (nSPS) is 11.3. The number of para-hydroxylation sites is 7. The van der Waals surface area contributed by atoms with Crippen LogP contribution in [0.5, 0.6) is 69.0 Å². The molecule has 11 aromatic carbocycles. The first kappa shape index (κ1) is 127. The Morgan fingerprint density at radius 3 is 1.15 bits per heavy atom. The van der Waals surface area contributed by atoms with Crippen LogP contribution in [0.2, 0.25) is 0 Å². The Hall–Kier alpha value is -14.3. The van der Waals surface area contributed by atoms with E-state index in [-0.39, 0.29) is 45.5 Å². The molecule has 23 nitrogen and oxygen atoms in total. The summed E-state index contributed by atoms with van der Waals surface area (Å²) in [6, 6.07) is 80.1. The average Bonchev–Trinajstić information content (AvgIpc) is 0.851. The first-order valence-electron chi connectivity index (χ1n) is 49.7. The van der Waals surface area contributed by atoms with E-state index >= 15 is 0 Å². The molecule has 0 bridgehead atoms. The number of rotatable bonds is 51. The van der Waals surface area contributed by atoms with E-state index < -0.39 is 0 Å². The van der Waals surface area contributed by atoms with Crippen LogP contribution in [0.25, 0.3) is 0 Å². The lowest BCUT2D eigenvalue weighted by molar-refractivity contribution is -0.112. The van der Waals surface area contributed by atoms with E-state index in [1.165, 1.54) is 59.0 Å². The number of aryl methyl sites for hydroxylation is 4. The minimum Gasteiger partial charge on any atom is -0.494 e. The molecule has 1 aliphatic rings. The second-order valence-electron chi connectivity index (χ2n) is 31.6. The van der Waals surface area contributed by atoms with Crippen LogP contribution in [0, 0.1) is 17.7 Å². The number of carbonyl (C=O) groups excluding carboxylic acids is 11. The Bertz CT molecular complexity index is 5250. The van der Waals surface area contributed by atoms with Crippen LogP contribution in [0.1, 0.15) is 219 Å². The highest BCUT2D eigenvalue weighted by Gasteiger charge is 2.17. The summed E-state index contributed by atoms with van der Waals surface area (Å²) in [5.74, 6) is 9.07. The summed E-state index contributed by atoms with van der Waals surface area (Å²) in [7, 11) is 0. The monoisotopic (exact) mass is 2010 g/mol. The number of halogens is 1. The lowest BCUT2D eigenvalue weighted by Gasteiger charge is -2.21. The van der Waals surface area contributed by atoms with Crippen molar-refractivity contribution in [3.8, 4) is 69.0 Å². The van der Waals surface area contributed by atoms with Crippen LogP contribution in [-0.2, 0) is 70.5 Å². The summed E-state index contributed by atoms with van der Waals surface area (Å²) >= 11 is 1.66. The van der Waals surface area contributed by atoms with Gasteiger partial charge in [-0.05, 0) is 209 Å². The molecule has 0 unspecified atom stereocenters. The van der Waals surface area contributed by atoms with E-state index in [2.05, 4.69) is 65.8 Å². The number of unbranched alkanes of at least 4 members (excludes halogenated alkanes) is 2. The molecule has 0 amide bonds. The molecule has 780 valence electrons. The maximum absolute atomic E-state index is 12.9. The predicted octanol–water partition coefficient (Wildman–Crippen LogP) is 26.0. The zero-order valence-electron chi connectivity index (χ0n) is 86.2. The van der Waals surface area contributed by atoms with Crippen molar-refractivity contribution < 1.29 is 114 Å². The van der Waals surface area contributed by atoms with Gasteiger partial charge < -0.3 is 66.4 Å². The summed E-state index contributed by atoms with van der Waals surface area (Å²) < 4.78 is 76.3. The van der Waals surface area contributed by atoms with Crippen molar-refractivity contribution >= 4 is 80.9 Å². The van der Waals surface area contributed by atoms with E-state index in [9.17, 15) is 57.1 Å². The molecular formula is C120H149FO23S. The van der Waals surface area contributed by atoms with Gasteiger partial charge >= 0.3 is 0 Å². The topological polar surface area (TPSA) is 299 Å². The van der Waals surface area contributed by atoms with E-state index in [1.54, 1.807) is 54.2 Å². The molecule has 0 atom stereocenters. The van der Waals surface area contributed by atoms with E-state index in [4.69, 9.17) is 56.8 Å². The number of ether oxygens (including phenoxy) is 12. The second kappa shape index (κ2) is 86.4. The van der Waals surface area contributed by atoms with Crippen molar-refractivity contribution in [3.63, 3.8) is 0 Å². The lowest BCUT2D eigenvalue weighted by Crippen LogP contribution is -2.12. The molecule has 0 radical (unpaired) electrons. The maximum atomic E-state index is 12.9. The number of aldehydes is 11. The van der Waals surface area contributed by atoms with Gasteiger partial charge in [-0.3, -0.25) is 43.2 Å². The quantitative estimate of drug-likeness (QED) is 0.0253. The predicted molar refractivity (Wildman–Crippen MR) is 573 cm³/mol. The zero-order chi connectivity index (χ0) is 106. The largest absolute Gasteiger partial charge is 0.494 e. The minimum absolute atomic E-state index is 0.0614. The van der Waals surface area contributed by atoms with Gasteiger partial charge in [-0.2, -0.15) is 0 Å². The summed E-state index contributed by atoms with van der Waals surface area (Å²) in [6.07, 6.45) is 27.3. The third kappa shape index (κ3) is 58.1. The van der Waals surface area contributed by atoms with Gasteiger partial charge in [-0.25, -0.2) is 4.39 Å². The van der Waals surface area contributed by atoms with Crippen molar-refractivity contribution in [1.29, 1.82) is 0 Å². The Morgan fingerprint density at radius 1 is 0.283 bits per heavy atom. The number of carbonyl (C=O) groups is 11. The molecule has 0 aromatic heterocycles. The second-order valence-corrected chi connectivity index (χ2v) is 32.7. The molecule has 1 saturated carbocycles. The Labute approximate surface area is 862 Å². The van der Waals surface area contributed by atoms with Crippen molar-refractivity contribution in [2.24, 2.45) is 11.8 Å². The van der Waals surface area contributed by atoms with Gasteiger partial charge in [0.25, 0.3) is 0 Å². The molecule has 0 spiro atoms. The molecule has 1 fully saturated rings. The minimum atomic E-state index is -0.389. The average molecular weight is 2010 g/mol. The maximum Gasteiger partial charge on any atom is 0.164 e. The van der Waals surface area contributed by atoms with Gasteiger partial charge in [-0.1, -0.05) is 265 Å². The van der Waals surface area contributed by atoms with Gasteiger partial charge in [0.15, 0.2) is 73.3 Å². The molecule has 0 heterocycles. The number of hydrogen-bond acceptors (Lipinski definition) is 24. The van der Waals surface area contributed by atoms with Crippen molar-refractivity contribution in [2.75, 3.05) is 79.3 Å². The number of benzene rings is 11. The Kier molecular flexibility index (Phi) is 75.5.